The van der Waals surface area contributed by atoms with Gasteiger partial charge in [0.2, 0.25) is 5.91 Å². The highest BCUT2D eigenvalue weighted by molar-refractivity contribution is 6.03. The fourth-order valence-electron chi connectivity index (χ4n) is 3.86. The Kier molecular flexibility index (Phi) is 7.50. The molecule has 1 aliphatic rings. The molecule has 2 amide bonds. The van der Waals surface area contributed by atoms with Gasteiger partial charge in [0.1, 0.15) is 11.3 Å². The van der Waals surface area contributed by atoms with Crippen LogP contribution < -0.4 is 10.1 Å². The van der Waals surface area contributed by atoms with Crippen LogP contribution in [0.4, 0.5) is 5.69 Å². The number of hydrogen-bond acceptors (Lipinski definition) is 6. The van der Waals surface area contributed by atoms with Crippen LogP contribution in [-0.2, 0) is 32.0 Å². The summed E-state index contributed by atoms with van der Waals surface area (Å²) in [7, 11) is 4.68. The number of anilines is 1. The molecule has 0 aliphatic carbocycles. The minimum atomic E-state index is -1.42. The van der Waals surface area contributed by atoms with Crippen molar-refractivity contribution in [1.82, 2.24) is 4.90 Å². The molecule has 8 heteroatoms. The van der Waals surface area contributed by atoms with Crippen molar-refractivity contribution >= 4 is 17.5 Å². The first-order chi connectivity index (χ1) is 15.3. The molecule has 1 aliphatic heterocycles. The number of aliphatic hydroxyl groups is 1. The summed E-state index contributed by atoms with van der Waals surface area (Å²) in [6, 6.07) is 14.6. The molecule has 1 fully saturated rings. The Hall–Kier alpha value is -2.94. The van der Waals surface area contributed by atoms with Gasteiger partial charge in [0.25, 0.3) is 5.91 Å². The molecule has 2 unspecified atom stereocenters. The number of ether oxygens (including phenoxy) is 3. The number of carbonyl (C=O) groups excluding carboxylic acids is 2. The maximum absolute atomic E-state index is 13.4. The number of rotatable bonds is 9. The highest BCUT2D eigenvalue weighted by Gasteiger charge is 2.54. The van der Waals surface area contributed by atoms with Crippen molar-refractivity contribution in [3.8, 4) is 5.75 Å². The maximum Gasteiger partial charge on any atom is 0.252 e. The molecule has 2 aromatic rings. The molecule has 32 heavy (non-hydrogen) atoms. The lowest BCUT2D eigenvalue weighted by molar-refractivity contribution is -0.140. The van der Waals surface area contributed by atoms with Gasteiger partial charge in [-0.15, -0.1) is 0 Å². The lowest BCUT2D eigenvalue weighted by Crippen LogP contribution is -2.57. The van der Waals surface area contributed by atoms with Gasteiger partial charge in [-0.2, -0.15) is 0 Å². The number of amides is 2. The van der Waals surface area contributed by atoms with Crippen LogP contribution in [0.15, 0.2) is 48.5 Å². The molecule has 2 aromatic carbocycles. The molecule has 1 heterocycles. The number of hydrogen-bond donors (Lipinski definition) is 2. The number of nitrogens with zero attached hydrogens (tertiary/aromatic N) is 1. The highest BCUT2D eigenvalue weighted by Crippen LogP contribution is 2.34. The summed E-state index contributed by atoms with van der Waals surface area (Å²) in [6.45, 7) is 1.79. The van der Waals surface area contributed by atoms with Crippen LogP contribution in [0.5, 0.6) is 5.75 Å². The van der Waals surface area contributed by atoms with E-state index in [4.69, 9.17) is 14.2 Å². The van der Waals surface area contributed by atoms with Gasteiger partial charge in [-0.1, -0.05) is 30.3 Å². The highest BCUT2D eigenvalue weighted by atomic mass is 16.7. The molecule has 3 rings (SSSR count). The van der Waals surface area contributed by atoms with E-state index in [1.165, 1.54) is 4.90 Å². The molecule has 2 atom stereocenters. The summed E-state index contributed by atoms with van der Waals surface area (Å²) in [5, 5.41) is 13.6. The van der Waals surface area contributed by atoms with E-state index in [-0.39, 0.29) is 18.9 Å². The van der Waals surface area contributed by atoms with Crippen molar-refractivity contribution in [2.75, 3.05) is 26.6 Å². The van der Waals surface area contributed by atoms with E-state index in [0.717, 1.165) is 11.1 Å². The van der Waals surface area contributed by atoms with E-state index in [1.807, 2.05) is 24.3 Å². The van der Waals surface area contributed by atoms with Gasteiger partial charge in [0, 0.05) is 32.9 Å². The maximum atomic E-state index is 13.4. The quantitative estimate of drug-likeness (QED) is 0.579. The van der Waals surface area contributed by atoms with E-state index < -0.39 is 23.8 Å². The monoisotopic (exact) mass is 442 g/mol. The van der Waals surface area contributed by atoms with Crippen LogP contribution in [0.1, 0.15) is 24.5 Å². The van der Waals surface area contributed by atoms with Crippen LogP contribution in [0.25, 0.3) is 0 Å². The molecule has 0 aromatic heterocycles. The van der Waals surface area contributed by atoms with Crippen molar-refractivity contribution in [1.29, 1.82) is 0 Å². The van der Waals surface area contributed by atoms with Crippen LogP contribution in [0.3, 0.4) is 0 Å². The average molecular weight is 443 g/mol. The van der Waals surface area contributed by atoms with Crippen LogP contribution in [0, 0.1) is 0 Å². The normalized spacial score (nSPS) is 20.6. The Balaban J connectivity index is 1.84. The van der Waals surface area contributed by atoms with E-state index in [1.54, 1.807) is 52.5 Å². The Morgan fingerprint density at radius 3 is 2.44 bits per heavy atom. The van der Waals surface area contributed by atoms with Gasteiger partial charge in [0.05, 0.1) is 19.6 Å². The Morgan fingerprint density at radius 2 is 1.81 bits per heavy atom. The Morgan fingerprint density at radius 1 is 1.16 bits per heavy atom. The fourth-order valence-corrected chi connectivity index (χ4v) is 3.86. The zero-order chi connectivity index (χ0) is 23.3. The molecule has 0 saturated carbocycles. The van der Waals surface area contributed by atoms with Crippen LogP contribution in [-0.4, -0.2) is 61.1 Å². The first-order valence-electron chi connectivity index (χ1n) is 10.4. The summed E-state index contributed by atoms with van der Waals surface area (Å²) in [4.78, 5) is 27.6. The van der Waals surface area contributed by atoms with Gasteiger partial charge in [-0.3, -0.25) is 9.59 Å². The summed E-state index contributed by atoms with van der Waals surface area (Å²) in [5.41, 5.74) is 0.801. The topological polar surface area (TPSA) is 97.3 Å². The fraction of sp³-hybridized carbons (Fsp3) is 0.417. The van der Waals surface area contributed by atoms with E-state index >= 15 is 0 Å². The molecule has 8 nitrogen and oxygen atoms in total. The minimum absolute atomic E-state index is 0.114. The average Bonchev–Trinajstić information content (AvgIpc) is 3.02. The second-order valence-electron chi connectivity index (χ2n) is 7.91. The lowest BCUT2D eigenvalue weighted by Gasteiger charge is -2.36. The molecule has 2 N–H and O–H groups in total. The summed E-state index contributed by atoms with van der Waals surface area (Å²) in [5.74, 6) is -0.0367. The summed E-state index contributed by atoms with van der Waals surface area (Å²) < 4.78 is 15.7. The Labute approximate surface area is 188 Å². The largest absolute Gasteiger partial charge is 0.497 e. The molecule has 1 saturated heterocycles. The first-order valence-corrected chi connectivity index (χ1v) is 10.4. The number of benzene rings is 2. The van der Waals surface area contributed by atoms with E-state index in [2.05, 4.69) is 5.32 Å². The minimum Gasteiger partial charge on any atom is -0.497 e. The van der Waals surface area contributed by atoms with Crippen LogP contribution >= 0.6 is 0 Å². The summed E-state index contributed by atoms with van der Waals surface area (Å²) in [6.07, 6.45) is -1.28. The number of likely N-dealkylation sites (tertiary alicyclic amines) is 1. The molecule has 0 bridgehead atoms. The predicted octanol–water partition coefficient (Wildman–Crippen LogP) is 2.35. The van der Waals surface area contributed by atoms with Gasteiger partial charge < -0.3 is 29.5 Å². The van der Waals surface area contributed by atoms with Crippen LogP contribution in [0.2, 0.25) is 0 Å². The van der Waals surface area contributed by atoms with Crippen molar-refractivity contribution < 1.29 is 28.9 Å². The SMILES string of the molecule is COc1ccc(CN2C(=O)CC(O)C2(C)C(=O)Nc2ccccc2CC(OC)OC)cc1. The zero-order valence-corrected chi connectivity index (χ0v) is 18.8. The molecule has 0 radical (unpaired) electrons. The number of carbonyl (C=O) groups is 2. The number of methoxy groups -OCH3 is 3. The molecular formula is C24H30N2O6. The second-order valence-corrected chi connectivity index (χ2v) is 7.91. The van der Waals surface area contributed by atoms with Crippen molar-refractivity contribution in [3.63, 3.8) is 0 Å². The zero-order valence-electron chi connectivity index (χ0n) is 18.8. The number of nitrogens with one attached hydrogen (secondary N) is 1. The summed E-state index contributed by atoms with van der Waals surface area (Å²) >= 11 is 0. The lowest BCUT2D eigenvalue weighted by atomic mass is 9.93. The van der Waals surface area contributed by atoms with Gasteiger partial charge >= 0.3 is 0 Å². The van der Waals surface area contributed by atoms with E-state index in [9.17, 15) is 14.7 Å². The van der Waals surface area contributed by atoms with Crippen molar-refractivity contribution in [2.45, 2.75) is 44.2 Å². The van der Waals surface area contributed by atoms with Gasteiger partial charge in [-0.05, 0) is 36.2 Å². The standard InChI is InChI=1S/C24H30N2O6/c1-24(23(29)25-19-8-6-5-7-17(19)13-22(31-3)32-4)20(27)14-21(28)26(24)15-16-9-11-18(30-2)12-10-16/h5-12,20,22,27H,13-15H2,1-4H3,(H,25,29). The smallest absolute Gasteiger partial charge is 0.252 e. The van der Waals surface area contributed by atoms with Gasteiger partial charge in [-0.25, -0.2) is 0 Å². The third kappa shape index (κ3) is 4.77. The second kappa shape index (κ2) is 10.1. The first kappa shape index (κ1) is 23.7. The van der Waals surface area contributed by atoms with Crippen molar-refractivity contribution in [3.05, 3.63) is 59.7 Å². The Bertz CT molecular complexity index is 944. The predicted molar refractivity (Wildman–Crippen MR) is 119 cm³/mol. The third-order valence-corrected chi connectivity index (χ3v) is 6.02. The van der Waals surface area contributed by atoms with Crippen molar-refractivity contribution in [2.24, 2.45) is 0 Å². The van der Waals surface area contributed by atoms with E-state index in [0.29, 0.717) is 17.9 Å². The van der Waals surface area contributed by atoms with Gasteiger partial charge in [0.15, 0.2) is 6.29 Å². The number of para-hydroxylation sites is 1. The molecule has 0 spiro atoms. The number of aliphatic hydroxyl groups excluding tert-OH is 1. The molecule has 172 valence electrons. The third-order valence-electron chi connectivity index (χ3n) is 6.02. The molecular weight excluding hydrogens is 412 g/mol.